The van der Waals surface area contributed by atoms with Gasteiger partial charge < -0.3 is 29.0 Å². The predicted molar refractivity (Wildman–Crippen MR) is 143 cm³/mol. The highest BCUT2D eigenvalue weighted by Gasteiger charge is 2.42. The van der Waals surface area contributed by atoms with Crippen LogP contribution in [0.3, 0.4) is 0 Å². The lowest BCUT2D eigenvalue weighted by molar-refractivity contribution is -0.143. The molecule has 8 nitrogen and oxygen atoms in total. The molecule has 202 valence electrons. The highest BCUT2D eigenvalue weighted by atomic mass is 16.5. The van der Waals surface area contributed by atoms with Gasteiger partial charge in [-0.1, -0.05) is 12.1 Å². The molecule has 38 heavy (non-hydrogen) atoms. The Balaban J connectivity index is 1.83. The van der Waals surface area contributed by atoms with Gasteiger partial charge in [-0.15, -0.1) is 0 Å². The summed E-state index contributed by atoms with van der Waals surface area (Å²) in [5.74, 6) is 1.18. The lowest BCUT2D eigenvalue weighted by Crippen LogP contribution is -2.36. The normalized spacial score (nSPS) is 19.1. The molecule has 0 radical (unpaired) electrons. The molecule has 8 heteroatoms. The number of ether oxygens (including phenoxy) is 5. The molecule has 0 bridgehead atoms. The average Bonchev–Trinajstić information content (AvgIpc) is 2.90. The van der Waals surface area contributed by atoms with Crippen molar-refractivity contribution in [3.8, 4) is 23.0 Å². The monoisotopic (exact) mass is 521 g/mol. The van der Waals surface area contributed by atoms with Gasteiger partial charge in [-0.2, -0.15) is 0 Å². The fraction of sp³-hybridized carbons (Fsp3) is 0.400. The second kappa shape index (κ2) is 11.2. The van der Waals surface area contributed by atoms with Gasteiger partial charge in [0.15, 0.2) is 17.3 Å². The van der Waals surface area contributed by atoms with E-state index < -0.39 is 11.9 Å². The number of carbonyl (C=O) groups excluding carboxylic acids is 2. The molecule has 2 aromatic carbocycles. The number of dihydropyridines is 1. The summed E-state index contributed by atoms with van der Waals surface area (Å²) in [6, 6.07) is 11.2. The summed E-state index contributed by atoms with van der Waals surface area (Å²) < 4.78 is 27.6. The predicted octanol–water partition coefficient (Wildman–Crippen LogP) is 5.03. The van der Waals surface area contributed by atoms with Crippen LogP contribution in [0.25, 0.3) is 0 Å². The van der Waals surface area contributed by atoms with E-state index in [1.165, 1.54) is 0 Å². The molecular formula is C30H35NO7. The van der Waals surface area contributed by atoms with Gasteiger partial charge >= 0.3 is 5.97 Å². The second-order valence-electron chi connectivity index (χ2n) is 9.69. The minimum absolute atomic E-state index is 0.0382. The number of hydrogen-bond acceptors (Lipinski definition) is 8. The Morgan fingerprint density at radius 1 is 0.895 bits per heavy atom. The number of hydrogen-bond donors (Lipinski definition) is 1. The van der Waals surface area contributed by atoms with Gasteiger partial charge in [-0.3, -0.25) is 4.79 Å². The van der Waals surface area contributed by atoms with Crippen LogP contribution >= 0.6 is 0 Å². The first-order valence-corrected chi connectivity index (χ1v) is 12.6. The molecule has 4 rings (SSSR count). The van der Waals surface area contributed by atoms with Crippen molar-refractivity contribution in [1.82, 2.24) is 5.32 Å². The number of rotatable bonds is 8. The summed E-state index contributed by atoms with van der Waals surface area (Å²) in [6.07, 6.45) is 0.569. The lowest BCUT2D eigenvalue weighted by Gasteiger charge is -2.37. The van der Waals surface area contributed by atoms with Crippen molar-refractivity contribution in [1.29, 1.82) is 0 Å². The topological polar surface area (TPSA) is 92.3 Å². The van der Waals surface area contributed by atoms with Crippen molar-refractivity contribution < 1.29 is 33.3 Å². The molecule has 1 aliphatic heterocycles. The summed E-state index contributed by atoms with van der Waals surface area (Å²) in [7, 11) is 6.33. The van der Waals surface area contributed by atoms with Crippen molar-refractivity contribution in [2.45, 2.75) is 51.6 Å². The van der Waals surface area contributed by atoms with Crippen LogP contribution in [0, 0.1) is 0 Å². The van der Waals surface area contributed by atoms with Crippen molar-refractivity contribution >= 4 is 11.8 Å². The molecule has 0 fully saturated rings. The quantitative estimate of drug-likeness (QED) is 0.484. The third kappa shape index (κ3) is 5.08. The Morgan fingerprint density at radius 2 is 1.61 bits per heavy atom. The number of benzene rings is 2. The Bertz CT molecular complexity index is 1310. The van der Waals surface area contributed by atoms with E-state index in [0.29, 0.717) is 51.8 Å². The molecular weight excluding hydrogens is 486 g/mol. The van der Waals surface area contributed by atoms with Gasteiger partial charge in [-0.25, -0.2) is 4.79 Å². The molecule has 1 N–H and O–H groups in total. The smallest absolute Gasteiger partial charge is 0.337 e. The molecule has 0 spiro atoms. The highest BCUT2D eigenvalue weighted by molar-refractivity contribution is 6.04. The fourth-order valence-corrected chi connectivity index (χ4v) is 5.30. The Labute approximate surface area is 223 Å². The zero-order valence-corrected chi connectivity index (χ0v) is 23.0. The van der Waals surface area contributed by atoms with Crippen LogP contribution in [0.1, 0.15) is 56.6 Å². The minimum atomic E-state index is -0.641. The first-order valence-electron chi connectivity index (χ1n) is 12.6. The molecule has 0 amide bonds. The maximum absolute atomic E-state index is 13.9. The second-order valence-corrected chi connectivity index (χ2v) is 9.69. The third-order valence-electron chi connectivity index (χ3n) is 7.02. The van der Waals surface area contributed by atoms with E-state index in [0.717, 1.165) is 11.3 Å². The molecule has 2 atom stereocenters. The van der Waals surface area contributed by atoms with Gasteiger partial charge in [-0.05, 0) is 56.9 Å². The Morgan fingerprint density at radius 3 is 2.24 bits per heavy atom. The zero-order chi connectivity index (χ0) is 27.6. The minimum Gasteiger partial charge on any atom is -0.497 e. The SMILES string of the molecule is COc1ccc([C@@H]2C(C(=O)OC(C)C)=C(C)NC3=C2C(=O)C[C@@H](c2ccc(OC)c(OC)c2)C3)c(OC)c1. The first-order chi connectivity index (χ1) is 18.2. The molecule has 0 unspecified atom stereocenters. The summed E-state index contributed by atoms with van der Waals surface area (Å²) in [6.45, 7) is 5.45. The van der Waals surface area contributed by atoms with Crippen LogP contribution < -0.4 is 24.3 Å². The number of esters is 1. The average molecular weight is 522 g/mol. The van der Waals surface area contributed by atoms with E-state index in [4.69, 9.17) is 23.7 Å². The van der Waals surface area contributed by atoms with Crippen LogP contribution in [-0.2, 0) is 14.3 Å². The number of methoxy groups -OCH3 is 4. The number of allylic oxidation sites excluding steroid dienone is 3. The molecule has 2 aliphatic rings. The molecule has 1 heterocycles. The summed E-state index contributed by atoms with van der Waals surface area (Å²) >= 11 is 0. The summed E-state index contributed by atoms with van der Waals surface area (Å²) in [5, 5.41) is 3.38. The first kappa shape index (κ1) is 27.1. The van der Waals surface area contributed by atoms with Crippen LogP contribution in [0.5, 0.6) is 23.0 Å². The van der Waals surface area contributed by atoms with Gasteiger partial charge in [0.2, 0.25) is 0 Å². The molecule has 0 saturated heterocycles. The van der Waals surface area contributed by atoms with Gasteiger partial charge in [0.1, 0.15) is 11.5 Å². The Kier molecular flexibility index (Phi) is 7.99. The fourth-order valence-electron chi connectivity index (χ4n) is 5.30. The maximum Gasteiger partial charge on any atom is 0.337 e. The van der Waals surface area contributed by atoms with E-state index in [1.807, 2.05) is 31.2 Å². The number of Topliss-reactive ketones (excluding diaryl/α,β-unsaturated/α-hetero) is 1. The van der Waals surface area contributed by atoms with Crippen LogP contribution in [0.15, 0.2) is 58.9 Å². The van der Waals surface area contributed by atoms with Gasteiger partial charge in [0.25, 0.3) is 0 Å². The molecule has 2 aromatic rings. The van der Waals surface area contributed by atoms with Crippen molar-refractivity contribution in [3.05, 3.63) is 70.1 Å². The van der Waals surface area contributed by atoms with E-state index in [1.54, 1.807) is 54.4 Å². The van der Waals surface area contributed by atoms with E-state index in [2.05, 4.69) is 5.32 Å². The van der Waals surface area contributed by atoms with E-state index >= 15 is 0 Å². The van der Waals surface area contributed by atoms with Gasteiger partial charge in [0.05, 0.1) is 46.0 Å². The van der Waals surface area contributed by atoms with Crippen LogP contribution in [0.4, 0.5) is 0 Å². The third-order valence-corrected chi connectivity index (χ3v) is 7.02. The van der Waals surface area contributed by atoms with Crippen LogP contribution in [0.2, 0.25) is 0 Å². The number of ketones is 1. The van der Waals surface area contributed by atoms with E-state index in [9.17, 15) is 9.59 Å². The van der Waals surface area contributed by atoms with Crippen molar-refractivity contribution in [2.75, 3.05) is 28.4 Å². The summed E-state index contributed by atoms with van der Waals surface area (Å²) in [4.78, 5) is 27.3. The zero-order valence-electron chi connectivity index (χ0n) is 23.0. The Hall–Kier alpha value is -3.94. The van der Waals surface area contributed by atoms with Crippen LogP contribution in [-0.4, -0.2) is 46.3 Å². The summed E-state index contributed by atoms with van der Waals surface area (Å²) in [5.41, 5.74) is 4.09. The largest absolute Gasteiger partial charge is 0.497 e. The number of nitrogens with one attached hydrogen (secondary N) is 1. The highest BCUT2D eigenvalue weighted by Crippen LogP contribution is 2.48. The lowest BCUT2D eigenvalue weighted by atomic mass is 9.71. The van der Waals surface area contributed by atoms with Crippen molar-refractivity contribution in [3.63, 3.8) is 0 Å². The van der Waals surface area contributed by atoms with Crippen molar-refractivity contribution in [2.24, 2.45) is 0 Å². The number of carbonyl (C=O) groups is 2. The standard InChI is InChI=1S/C30H35NO7/c1-16(2)38-30(33)27-17(3)31-22-12-19(18-8-11-24(35-5)26(14-18)37-7)13-23(32)29(22)28(27)21-10-9-20(34-4)15-25(21)36-6/h8-11,14-16,19,28,31H,12-13H2,1-7H3/t19-,28+/m0/s1. The molecule has 1 aliphatic carbocycles. The van der Waals surface area contributed by atoms with Gasteiger partial charge in [0, 0.05) is 35.0 Å². The molecule has 0 aromatic heterocycles. The maximum atomic E-state index is 13.9. The molecule has 0 saturated carbocycles. The van der Waals surface area contributed by atoms with E-state index in [-0.39, 0.29) is 24.2 Å².